The Morgan fingerprint density at radius 2 is 1.87 bits per heavy atom. The Morgan fingerprint density at radius 1 is 1.13 bits per heavy atom. The van der Waals surface area contributed by atoms with E-state index in [9.17, 15) is 9.90 Å². The lowest BCUT2D eigenvalue weighted by Gasteiger charge is -2.33. The van der Waals surface area contributed by atoms with Crippen molar-refractivity contribution in [3.8, 4) is 11.1 Å². The Labute approximate surface area is 177 Å². The summed E-state index contributed by atoms with van der Waals surface area (Å²) in [4.78, 5) is 13.5. The van der Waals surface area contributed by atoms with E-state index in [1.165, 1.54) is 0 Å². The van der Waals surface area contributed by atoms with Gasteiger partial charge in [-0.15, -0.1) is 0 Å². The molecule has 5 nitrogen and oxygen atoms in total. The summed E-state index contributed by atoms with van der Waals surface area (Å²) < 4.78 is 5.37. The van der Waals surface area contributed by atoms with Gasteiger partial charge < -0.3 is 14.9 Å². The first-order chi connectivity index (χ1) is 14.4. The van der Waals surface area contributed by atoms with Crippen LogP contribution < -0.4 is 5.32 Å². The second-order valence-corrected chi connectivity index (χ2v) is 8.58. The zero-order valence-corrected chi connectivity index (χ0v) is 17.9. The number of carbonyl (C=O) groups excluding carboxylic acids is 1. The number of anilines is 1. The van der Waals surface area contributed by atoms with Gasteiger partial charge in [0.1, 0.15) is 11.2 Å². The minimum absolute atomic E-state index is 0.00961. The number of aliphatic hydroxyl groups excluding tert-OH is 1. The molecule has 4 rings (SSSR count). The summed E-state index contributed by atoms with van der Waals surface area (Å²) in [5.41, 5.74) is 4.61. The molecular weight excluding hydrogens is 376 g/mol. The van der Waals surface area contributed by atoms with Crippen LogP contribution >= 0.6 is 0 Å². The van der Waals surface area contributed by atoms with Gasteiger partial charge in [0, 0.05) is 17.9 Å². The second kappa shape index (κ2) is 7.73. The van der Waals surface area contributed by atoms with Gasteiger partial charge in [0.25, 0.3) is 0 Å². The van der Waals surface area contributed by atoms with E-state index in [0.29, 0.717) is 6.42 Å². The molecule has 1 aliphatic heterocycles. The van der Waals surface area contributed by atoms with E-state index in [4.69, 9.17) is 4.52 Å². The predicted molar refractivity (Wildman–Crippen MR) is 117 cm³/mol. The van der Waals surface area contributed by atoms with E-state index in [1.807, 2.05) is 56.3 Å². The maximum absolute atomic E-state index is 13.5. The molecule has 0 saturated carbocycles. The molecule has 1 aromatic heterocycles. The number of hydrogen-bond acceptors (Lipinski definition) is 4. The molecule has 2 atom stereocenters. The van der Waals surface area contributed by atoms with Crippen molar-refractivity contribution >= 4 is 11.6 Å². The zero-order chi connectivity index (χ0) is 21.5. The normalized spacial score (nSPS) is 19.1. The number of aryl methyl sites for hydroxylation is 2. The first-order valence-corrected chi connectivity index (χ1v) is 10.4. The molecule has 1 aliphatic rings. The van der Waals surface area contributed by atoms with Crippen molar-refractivity contribution in [1.82, 2.24) is 5.16 Å². The molecule has 0 spiro atoms. The largest absolute Gasteiger partial charge is 0.396 e. The second-order valence-electron chi connectivity index (χ2n) is 8.58. The van der Waals surface area contributed by atoms with E-state index in [1.54, 1.807) is 0 Å². The third kappa shape index (κ3) is 3.14. The fourth-order valence-electron chi connectivity index (χ4n) is 4.64. The molecule has 0 bridgehead atoms. The number of rotatable bonds is 6. The highest BCUT2D eigenvalue weighted by Gasteiger charge is 2.49. The molecule has 0 saturated heterocycles. The summed E-state index contributed by atoms with van der Waals surface area (Å²) in [5, 5.41) is 17.3. The van der Waals surface area contributed by atoms with Crippen LogP contribution in [0.3, 0.4) is 0 Å². The predicted octanol–water partition coefficient (Wildman–Crippen LogP) is 4.85. The molecule has 5 heteroatoms. The number of hydrogen-bond donors (Lipinski definition) is 2. The molecule has 0 fully saturated rings. The van der Waals surface area contributed by atoms with Gasteiger partial charge in [0.2, 0.25) is 5.91 Å². The van der Waals surface area contributed by atoms with Gasteiger partial charge in [0.15, 0.2) is 0 Å². The fraction of sp³-hybridized carbons (Fsp3) is 0.360. The Morgan fingerprint density at radius 3 is 2.47 bits per heavy atom. The molecule has 2 heterocycles. The summed E-state index contributed by atoms with van der Waals surface area (Å²) >= 11 is 0. The van der Waals surface area contributed by atoms with Crippen LogP contribution in [0.1, 0.15) is 42.8 Å². The summed E-state index contributed by atoms with van der Waals surface area (Å²) in [6.45, 7) is 8.05. The molecule has 1 amide bonds. The maximum atomic E-state index is 13.5. The zero-order valence-electron chi connectivity index (χ0n) is 17.9. The molecule has 2 N–H and O–H groups in total. The highest BCUT2D eigenvalue weighted by molar-refractivity contribution is 6.09. The van der Waals surface area contributed by atoms with E-state index >= 15 is 0 Å². The summed E-state index contributed by atoms with van der Waals surface area (Å²) in [6, 6.07) is 15.9. The Kier molecular flexibility index (Phi) is 5.24. The Hall–Kier alpha value is -2.92. The number of amides is 1. The van der Waals surface area contributed by atoms with E-state index in [2.05, 4.69) is 30.4 Å². The number of aromatic nitrogens is 1. The van der Waals surface area contributed by atoms with Crippen LogP contribution in [0.2, 0.25) is 0 Å². The minimum atomic E-state index is -0.858. The Bertz CT molecular complexity index is 1050. The van der Waals surface area contributed by atoms with Gasteiger partial charge in [-0.2, -0.15) is 0 Å². The van der Waals surface area contributed by atoms with Crippen LogP contribution in [0, 0.1) is 25.7 Å². The first kappa shape index (κ1) is 20.4. The molecule has 30 heavy (non-hydrogen) atoms. The summed E-state index contributed by atoms with van der Waals surface area (Å²) in [5.74, 6) is 0.951. The van der Waals surface area contributed by atoms with Crippen molar-refractivity contribution in [3.05, 3.63) is 71.1 Å². The van der Waals surface area contributed by atoms with Crippen LogP contribution in [0.25, 0.3) is 11.1 Å². The minimum Gasteiger partial charge on any atom is -0.396 e. The fourth-order valence-corrected chi connectivity index (χ4v) is 4.64. The molecule has 1 unspecified atom stereocenters. The third-order valence-corrected chi connectivity index (χ3v) is 6.45. The van der Waals surface area contributed by atoms with Crippen LogP contribution in [0.15, 0.2) is 53.1 Å². The smallest absolute Gasteiger partial charge is 0.239 e. The lowest BCUT2D eigenvalue weighted by atomic mass is 9.68. The van der Waals surface area contributed by atoms with Crippen LogP contribution in [-0.2, 0) is 10.2 Å². The van der Waals surface area contributed by atoms with E-state index < -0.39 is 5.41 Å². The molecule has 2 aromatic carbocycles. The van der Waals surface area contributed by atoms with Gasteiger partial charge in [0.05, 0.1) is 5.69 Å². The topological polar surface area (TPSA) is 75.4 Å². The van der Waals surface area contributed by atoms with Crippen molar-refractivity contribution in [2.24, 2.45) is 11.8 Å². The van der Waals surface area contributed by atoms with Gasteiger partial charge in [-0.1, -0.05) is 55.4 Å². The number of nitrogens with one attached hydrogen (secondary N) is 1. The quantitative estimate of drug-likeness (QED) is 0.616. The summed E-state index contributed by atoms with van der Waals surface area (Å²) in [7, 11) is 0. The van der Waals surface area contributed by atoms with Crippen molar-refractivity contribution in [1.29, 1.82) is 0 Å². The van der Waals surface area contributed by atoms with E-state index in [-0.39, 0.29) is 24.3 Å². The SMILES string of the molecule is Cc1noc(C)c1-c1ccc2c(c1)C(C[C@H](CO)C(C)C)(c1ccccc1)C(=O)N2. The van der Waals surface area contributed by atoms with E-state index in [0.717, 1.165) is 39.4 Å². The van der Waals surface area contributed by atoms with Crippen molar-refractivity contribution in [2.45, 2.75) is 39.5 Å². The molecule has 3 aromatic rings. The van der Waals surface area contributed by atoms with Crippen molar-refractivity contribution in [3.63, 3.8) is 0 Å². The lowest BCUT2D eigenvalue weighted by molar-refractivity contribution is -0.120. The molecule has 156 valence electrons. The monoisotopic (exact) mass is 404 g/mol. The van der Waals surface area contributed by atoms with Gasteiger partial charge >= 0.3 is 0 Å². The standard InChI is InChI=1S/C25H28N2O3/c1-15(2)19(14-28)13-25(20-8-6-5-7-9-20)21-12-18(10-11-22(21)26-24(25)29)23-16(3)27-30-17(23)4/h5-12,15,19,28H,13-14H2,1-4H3,(H,26,29)/t19-,25?/m1/s1. The third-order valence-electron chi connectivity index (χ3n) is 6.45. The summed E-state index contributed by atoms with van der Waals surface area (Å²) in [6.07, 6.45) is 0.537. The number of fused-ring (bicyclic) bond motifs is 1. The van der Waals surface area contributed by atoms with Gasteiger partial charge in [-0.3, -0.25) is 4.79 Å². The highest BCUT2D eigenvalue weighted by Crippen LogP contribution is 2.49. The number of aliphatic hydroxyl groups is 1. The van der Waals surface area contributed by atoms with Crippen LogP contribution in [-0.4, -0.2) is 22.8 Å². The number of carbonyl (C=O) groups is 1. The van der Waals surface area contributed by atoms with Crippen molar-refractivity contribution < 1.29 is 14.4 Å². The molecule has 0 aliphatic carbocycles. The van der Waals surface area contributed by atoms with Gasteiger partial charge in [-0.05, 0) is 60.9 Å². The molecule has 0 radical (unpaired) electrons. The Balaban J connectivity index is 1.94. The first-order valence-electron chi connectivity index (χ1n) is 10.4. The number of nitrogens with zero attached hydrogens (tertiary/aromatic N) is 1. The van der Waals surface area contributed by atoms with Crippen LogP contribution in [0.5, 0.6) is 0 Å². The maximum Gasteiger partial charge on any atom is 0.239 e. The highest BCUT2D eigenvalue weighted by atomic mass is 16.5. The van der Waals surface area contributed by atoms with Crippen molar-refractivity contribution in [2.75, 3.05) is 11.9 Å². The average molecular weight is 405 g/mol. The van der Waals surface area contributed by atoms with Gasteiger partial charge in [-0.25, -0.2) is 0 Å². The lowest BCUT2D eigenvalue weighted by Crippen LogP contribution is -2.39. The average Bonchev–Trinajstić information content (AvgIpc) is 3.22. The molecular formula is C25H28N2O3. The van der Waals surface area contributed by atoms with Crippen LogP contribution in [0.4, 0.5) is 5.69 Å². The number of benzene rings is 2.